The van der Waals surface area contributed by atoms with Crippen molar-refractivity contribution in [3.05, 3.63) is 33.4 Å². The molecule has 0 aromatic heterocycles. The summed E-state index contributed by atoms with van der Waals surface area (Å²) >= 11 is 2.25. The zero-order valence-corrected chi connectivity index (χ0v) is 12.7. The quantitative estimate of drug-likeness (QED) is 0.801. The summed E-state index contributed by atoms with van der Waals surface area (Å²) in [4.78, 5) is 0. The molecule has 0 radical (unpaired) electrons. The summed E-state index contributed by atoms with van der Waals surface area (Å²) in [5, 5.41) is 10.1. The maximum absolute atomic E-state index is 10.1. The van der Waals surface area contributed by atoms with Crippen molar-refractivity contribution in [1.82, 2.24) is 0 Å². The van der Waals surface area contributed by atoms with Gasteiger partial charge in [0.15, 0.2) is 0 Å². The molecular formula is C12H19ClINO. The van der Waals surface area contributed by atoms with Crippen molar-refractivity contribution in [2.75, 3.05) is 0 Å². The Morgan fingerprint density at radius 1 is 1.25 bits per heavy atom. The minimum Gasteiger partial charge on any atom is -0.391 e. The zero-order chi connectivity index (χ0) is 11.6. The van der Waals surface area contributed by atoms with Gasteiger partial charge in [-0.05, 0) is 39.6 Å². The molecule has 0 unspecified atom stereocenters. The van der Waals surface area contributed by atoms with Gasteiger partial charge in [-0.25, -0.2) is 0 Å². The number of hydrogen-bond donors (Lipinski definition) is 2. The van der Waals surface area contributed by atoms with Gasteiger partial charge in [0.1, 0.15) is 0 Å². The lowest BCUT2D eigenvalue weighted by molar-refractivity contribution is 0.0399. The molecule has 0 aliphatic rings. The maximum Gasteiger partial charge on any atom is 0.0781 e. The van der Waals surface area contributed by atoms with Crippen molar-refractivity contribution < 1.29 is 5.11 Å². The van der Waals surface area contributed by atoms with E-state index in [2.05, 4.69) is 22.6 Å². The molecule has 1 aromatic carbocycles. The van der Waals surface area contributed by atoms with E-state index in [9.17, 15) is 5.11 Å². The lowest BCUT2D eigenvalue weighted by Gasteiger charge is -2.31. The molecule has 1 aromatic rings. The second-order valence-electron chi connectivity index (χ2n) is 4.86. The average Bonchev–Trinajstić information content (AvgIpc) is 2.15. The van der Waals surface area contributed by atoms with Gasteiger partial charge in [-0.3, -0.25) is 0 Å². The fourth-order valence-electron chi connectivity index (χ4n) is 1.45. The number of aliphatic hydroxyl groups is 1. The second kappa shape index (κ2) is 6.19. The van der Waals surface area contributed by atoms with Gasteiger partial charge in [0, 0.05) is 3.57 Å². The Hall–Kier alpha value is 0.160. The Kier molecular flexibility index (Phi) is 6.25. The van der Waals surface area contributed by atoms with Crippen LogP contribution < -0.4 is 5.73 Å². The van der Waals surface area contributed by atoms with E-state index in [1.807, 2.05) is 45.0 Å². The Balaban J connectivity index is 0.00000225. The van der Waals surface area contributed by atoms with E-state index in [0.717, 1.165) is 9.13 Å². The first kappa shape index (κ1) is 16.2. The first-order chi connectivity index (χ1) is 6.84. The Bertz CT molecular complexity index is 338. The zero-order valence-electron chi connectivity index (χ0n) is 9.77. The number of nitrogens with two attached hydrogens (primary N) is 1. The van der Waals surface area contributed by atoms with Gasteiger partial charge >= 0.3 is 0 Å². The lowest BCUT2D eigenvalue weighted by atomic mass is 9.82. The molecule has 4 heteroatoms. The molecule has 2 atom stereocenters. The Labute approximate surface area is 117 Å². The highest BCUT2D eigenvalue weighted by atomic mass is 127. The first-order valence-corrected chi connectivity index (χ1v) is 6.10. The summed E-state index contributed by atoms with van der Waals surface area (Å²) in [5.41, 5.74) is 6.89. The third-order valence-electron chi connectivity index (χ3n) is 2.49. The van der Waals surface area contributed by atoms with Crippen LogP contribution in [0.2, 0.25) is 0 Å². The van der Waals surface area contributed by atoms with Gasteiger partial charge < -0.3 is 10.8 Å². The first-order valence-electron chi connectivity index (χ1n) is 5.02. The van der Waals surface area contributed by atoms with Crippen molar-refractivity contribution in [2.45, 2.75) is 32.9 Å². The molecule has 0 saturated carbocycles. The molecule has 0 aliphatic carbocycles. The molecule has 0 fully saturated rings. The highest BCUT2D eigenvalue weighted by Crippen LogP contribution is 2.30. The predicted molar refractivity (Wildman–Crippen MR) is 78.8 cm³/mol. The maximum atomic E-state index is 10.1. The fraction of sp³-hybridized carbons (Fsp3) is 0.500. The SMILES string of the molecule is CC(C)(C)[C@@H](O)[C@@H](N)c1ccccc1I.Cl. The van der Waals surface area contributed by atoms with Crippen LogP contribution in [0.5, 0.6) is 0 Å². The minimum absolute atomic E-state index is 0. The van der Waals surface area contributed by atoms with Crippen LogP contribution in [0.25, 0.3) is 0 Å². The Morgan fingerprint density at radius 2 is 1.75 bits per heavy atom. The van der Waals surface area contributed by atoms with E-state index in [4.69, 9.17) is 5.73 Å². The van der Waals surface area contributed by atoms with E-state index in [0.29, 0.717) is 0 Å². The number of aliphatic hydroxyl groups excluding tert-OH is 1. The van der Waals surface area contributed by atoms with Crippen LogP contribution in [-0.2, 0) is 0 Å². The molecule has 2 nitrogen and oxygen atoms in total. The lowest BCUT2D eigenvalue weighted by Crippen LogP contribution is -2.37. The highest BCUT2D eigenvalue weighted by Gasteiger charge is 2.29. The molecule has 0 amide bonds. The van der Waals surface area contributed by atoms with Crippen molar-refractivity contribution in [3.8, 4) is 0 Å². The summed E-state index contributed by atoms with van der Waals surface area (Å²) in [6.45, 7) is 5.98. The summed E-state index contributed by atoms with van der Waals surface area (Å²) in [5.74, 6) is 0. The molecule has 0 heterocycles. The number of hydrogen-bond acceptors (Lipinski definition) is 2. The van der Waals surface area contributed by atoms with E-state index >= 15 is 0 Å². The fourth-order valence-corrected chi connectivity index (χ4v) is 2.20. The molecule has 1 rings (SSSR count). The number of rotatable bonds is 2. The molecule has 0 spiro atoms. The smallest absolute Gasteiger partial charge is 0.0781 e. The molecule has 0 saturated heterocycles. The molecule has 0 aliphatic heterocycles. The van der Waals surface area contributed by atoms with Gasteiger partial charge in [-0.2, -0.15) is 0 Å². The largest absolute Gasteiger partial charge is 0.391 e. The van der Waals surface area contributed by atoms with Gasteiger partial charge in [0.25, 0.3) is 0 Å². The van der Waals surface area contributed by atoms with Gasteiger partial charge in [0.2, 0.25) is 0 Å². The van der Waals surface area contributed by atoms with Crippen LogP contribution in [0.15, 0.2) is 24.3 Å². The summed E-state index contributed by atoms with van der Waals surface area (Å²) < 4.78 is 1.10. The molecule has 92 valence electrons. The van der Waals surface area contributed by atoms with Crippen LogP contribution in [-0.4, -0.2) is 11.2 Å². The third kappa shape index (κ3) is 3.87. The normalized spacial score (nSPS) is 15.1. The monoisotopic (exact) mass is 355 g/mol. The highest BCUT2D eigenvalue weighted by molar-refractivity contribution is 14.1. The van der Waals surface area contributed by atoms with Gasteiger partial charge in [0.05, 0.1) is 12.1 Å². The number of benzene rings is 1. The molecule has 16 heavy (non-hydrogen) atoms. The summed E-state index contributed by atoms with van der Waals surface area (Å²) in [7, 11) is 0. The van der Waals surface area contributed by atoms with E-state index in [-0.39, 0.29) is 23.9 Å². The molecule has 3 N–H and O–H groups in total. The van der Waals surface area contributed by atoms with Crippen molar-refractivity contribution in [2.24, 2.45) is 11.1 Å². The Morgan fingerprint density at radius 3 is 2.19 bits per heavy atom. The van der Waals surface area contributed by atoms with Gasteiger partial charge in [-0.1, -0.05) is 39.0 Å². The second-order valence-corrected chi connectivity index (χ2v) is 6.02. The van der Waals surface area contributed by atoms with Crippen LogP contribution in [0.3, 0.4) is 0 Å². The van der Waals surface area contributed by atoms with E-state index < -0.39 is 6.10 Å². The van der Waals surface area contributed by atoms with Crippen LogP contribution >= 0.6 is 35.0 Å². The van der Waals surface area contributed by atoms with Crippen LogP contribution in [0.1, 0.15) is 32.4 Å². The number of halogens is 2. The predicted octanol–water partition coefficient (Wildman–Crippen LogP) is 3.12. The van der Waals surface area contributed by atoms with Gasteiger partial charge in [-0.15, -0.1) is 12.4 Å². The van der Waals surface area contributed by atoms with Crippen molar-refractivity contribution in [3.63, 3.8) is 0 Å². The van der Waals surface area contributed by atoms with Crippen molar-refractivity contribution >= 4 is 35.0 Å². The van der Waals surface area contributed by atoms with Crippen LogP contribution in [0, 0.1) is 8.99 Å². The molecular weight excluding hydrogens is 336 g/mol. The third-order valence-corrected chi connectivity index (χ3v) is 3.47. The summed E-state index contributed by atoms with van der Waals surface area (Å²) in [6.07, 6.45) is -0.534. The topological polar surface area (TPSA) is 46.2 Å². The molecule has 0 bridgehead atoms. The standard InChI is InChI=1S/C12H18INO.ClH/c1-12(2,3)11(15)10(14)8-6-4-5-7-9(8)13;/h4-7,10-11,15H,14H2,1-3H3;1H/t10-,11-;/m0./s1. The minimum atomic E-state index is -0.534. The average molecular weight is 356 g/mol. The van der Waals surface area contributed by atoms with Crippen molar-refractivity contribution in [1.29, 1.82) is 0 Å². The van der Waals surface area contributed by atoms with E-state index in [1.165, 1.54) is 0 Å². The van der Waals surface area contributed by atoms with Crippen LogP contribution in [0.4, 0.5) is 0 Å². The van der Waals surface area contributed by atoms with E-state index in [1.54, 1.807) is 0 Å². The summed E-state index contributed by atoms with van der Waals surface area (Å²) in [6, 6.07) is 7.58.